The van der Waals surface area contributed by atoms with Gasteiger partial charge in [-0.05, 0) is 29.8 Å². The second-order valence-corrected chi connectivity index (χ2v) is 7.86. The molecular formula is C22H19Cl2N3OS. The minimum absolute atomic E-state index is 0.334. The summed E-state index contributed by atoms with van der Waals surface area (Å²) < 4.78 is 5.90. The zero-order chi connectivity index (χ0) is 20.5. The molecule has 0 heterocycles. The van der Waals surface area contributed by atoms with Crippen molar-refractivity contribution in [3.05, 3.63) is 99.5 Å². The fourth-order valence-corrected chi connectivity index (χ4v) is 3.41. The van der Waals surface area contributed by atoms with Gasteiger partial charge >= 0.3 is 0 Å². The van der Waals surface area contributed by atoms with Crippen LogP contribution in [0.2, 0.25) is 10.0 Å². The molecule has 2 N–H and O–H groups in total. The Balaban J connectivity index is 1.64. The van der Waals surface area contributed by atoms with Crippen LogP contribution in [0, 0.1) is 0 Å². The smallest absolute Gasteiger partial charge is 0.180 e. The Bertz CT molecular complexity index is 1010. The molecule has 0 aliphatic carbocycles. The first kappa shape index (κ1) is 21.2. The Morgan fingerprint density at radius 2 is 1.76 bits per heavy atom. The fraction of sp³-hybridized carbons (Fsp3) is 0.0909. The molecule has 0 saturated carbocycles. The van der Waals surface area contributed by atoms with Crippen LogP contribution < -0.4 is 10.5 Å². The molecule has 29 heavy (non-hydrogen) atoms. The number of hydrogen-bond acceptors (Lipinski definition) is 4. The van der Waals surface area contributed by atoms with Gasteiger partial charge in [0.05, 0.1) is 6.21 Å². The van der Waals surface area contributed by atoms with Crippen LogP contribution in [-0.4, -0.2) is 11.4 Å². The second-order valence-electron chi connectivity index (χ2n) is 6.02. The third-order valence-corrected chi connectivity index (χ3v) is 5.35. The molecule has 148 valence electrons. The van der Waals surface area contributed by atoms with Crippen molar-refractivity contribution in [2.75, 3.05) is 0 Å². The molecule has 0 amide bonds. The summed E-state index contributed by atoms with van der Waals surface area (Å²) in [6.07, 6.45) is 1.57. The average molecular weight is 444 g/mol. The van der Waals surface area contributed by atoms with Gasteiger partial charge in [-0.3, -0.25) is 0 Å². The lowest BCUT2D eigenvalue weighted by molar-refractivity contribution is 0.306. The van der Waals surface area contributed by atoms with Gasteiger partial charge in [-0.15, -0.1) is 5.10 Å². The topological polar surface area (TPSA) is 60.0 Å². The molecule has 4 nitrogen and oxygen atoms in total. The highest BCUT2D eigenvalue weighted by Gasteiger charge is 2.06. The molecule has 3 aromatic carbocycles. The highest BCUT2D eigenvalue weighted by Crippen LogP contribution is 2.24. The van der Waals surface area contributed by atoms with E-state index in [9.17, 15) is 0 Å². The molecule has 0 bridgehead atoms. The highest BCUT2D eigenvalue weighted by atomic mass is 35.5. The first-order chi connectivity index (χ1) is 14.1. The summed E-state index contributed by atoms with van der Waals surface area (Å²) in [5, 5.41) is 9.74. The Labute approximate surface area is 184 Å². The molecule has 0 aromatic heterocycles. The maximum absolute atomic E-state index is 6.19. The van der Waals surface area contributed by atoms with Crippen molar-refractivity contribution >= 4 is 46.3 Å². The third kappa shape index (κ3) is 6.82. The Morgan fingerprint density at radius 3 is 2.55 bits per heavy atom. The van der Waals surface area contributed by atoms with Gasteiger partial charge in [0.2, 0.25) is 0 Å². The molecule has 0 radical (unpaired) electrons. The number of thioether (sulfide) groups is 1. The van der Waals surface area contributed by atoms with Gasteiger partial charge < -0.3 is 10.5 Å². The van der Waals surface area contributed by atoms with E-state index in [0.29, 0.717) is 33.1 Å². The Hall–Kier alpha value is -2.47. The molecule has 0 unspecified atom stereocenters. The van der Waals surface area contributed by atoms with Gasteiger partial charge in [-0.25, -0.2) is 0 Å². The number of rotatable bonds is 7. The molecule has 0 aliphatic rings. The predicted molar refractivity (Wildman–Crippen MR) is 124 cm³/mol. The van der Waals surface area contributed by atoms with Crippen LogP contribution in [0.15, 0.2) is 83.0 Å². The van der Waals surface area contributed by atoms with Crippen molar-refractivity contribution in [1.29, 1.82) is 0 Å². The van der Waals surface area contributed by atoms with E-state index in [4.69, 9.17) is 33.7 Å². The van der Waals surface area contributed by atoms with Crippen LogP contribution in [0.25, 0.3) is 0 Å². The minimum Gasteiger partial charge on any atom is -0.488 e. The molecular weight excluding hydrogens is 425 g/mol. The van der Waals surface area contributed by atoms with Crippen molar-refractivity contribution < 1.29 is 4.74 Å². The second kappa shape index (κ2) is 10.9. The average Bonchev–Trinajstić information content (AvgIpc) is 2.73. The van der Waals surface area contributed by atoms with Crippen molar-refractivity contribution in [3.63, 3.8) is 0 Å². The largest absolute Gasteiger partial charge is 0.488 e. The zero-order valence-electron chi connectivity index (χ0n) is 15.5. The Kier molecular flexibility index (Phi) is 7.99. The summed E-state index contributed by atoms with van der Waals surface area (Å²) >= 11 is 13.7. The van der Waals surface area contributed by atoms with Gasteiger partial charge in [0, 0.05) is 26.9 Å². The van der Waals surface area contributed by atoms with Crippen LogP contribution in [0.1, 0.15) is 16.7 Å². The standard InChI is InChI=1S/C22H19Cl2N3OS/c23-19-10-11-21(28-14-17-8-4-5-9-20(17)24)18(12-19)13-26-27-22(25)29-15-16-6-2-1-3-7-16/h1-13H,14-15H2,(H2,25,27). The number of halogens is 2. The lowest BCUT2D eigenvalue weighted by Crippen LogP contribution is -2.06. The van der Waals surface area contributed by atoms with E-state index in [1.165, 1.54) is 17.3 Å². The minimum atomic E-state index is 0.334. The number of benzene rings is 3. The van der Waals surface area contributed by atoms with Crippen molar-refractivity contribution in [2.45, 2.75) is 12.4 Å². The highest BCUT2D eigenvalue weighted by molar-refractivity contribution is 8.13. The van der Waals surface area contributed by atoms with Crippen LogP contribution in [0.3, 0.4) is 0 Å². The molecule has 0 fully saturated rings. The van der Waals surface area contributed by atoms with Gasteiger partial charge in [0.25, 0.3) is 0 Å². The summed E-state index contributed by atoms with van der Waals surface area (Å²) in [7, 11) is 0. The number of nitrogens with zero attached hydrogens (tertiary/aromatic N) is 2. The Morgan fingerprint density at radius 1 is 1.00 bits per heavy atom. The summed E-state index contributed by atoms with van der Waals surface area (Å²) in [5.41, 5.74) is 8.70. The maximum atomic E-state index is 6.19. The van der Waals surface area contributed by atoms with Crippen LogP contribution in [0.4, 0.5) is 0 Å². The van der Waals surface area contributed by atoms with Gasteiger partial charge in [0.15, 0.2) is 5.17 Å². The third-order valence-electron chi connectivity index (χ3n) is 3.90. The SMILES string of the molecule is NC(=NN=Cc1cc(Cl)ccc1OCc1ccccc1Cl)SCc1ccccc1. The fourth-order valence-electron chi connectivity index (χ4n) is 2.43. The summed E-state index contributed by atoms with van der Waals surface area (Å²) in [6.45, 7) is 0.334. The maximum Gasteiger partial charge on any atom is 0.180 e. The first-order valence-corrected chi connectivity index (χ1v) is 10.5. The monoisotopic (exact) mass is 443 g/mol. The van der Waals surface area contributed by atoms with Crippen LogP contribution >= 0.6 is 35.0 Å². The number of amidine groups is 1. The van der Waals surface area contributed by atoms with Gasteiger partial charge in [0.1, 0.15) is 12.4 Å². The van der Waals surface area contributed by atoms with E-state index >= 15 is 0 Å². The van der Waals surface area contributed by atoms with Gasteiger partial charge in [-0.1, -0.05) is 83.5 Å². The lowest BCUT2D eigenvalue weighted by atomic mass is 10.2. The normalized spacial score (nSPS) is 11.7. The first-order valence-electron chi connectivity index (χ1n) is 8.81. The molecule has 0 saturated heterocycles. The summed E-state index contributed by atoms with van der Waals surface area (Å²) in [4.78, 5) is 0. The summed E-state index contributed by atoms with van der Waals surface area (Å²) in [5.74, 6) is 1.36. The lowest BCUT2D eigenvalue weighted by Gasteiger charge is -2.10. The van der Waals surface area contributed by atoms with E-state index in [0.717, 1.165) is 11.3 Å². The molecule has 3 aromatic rings. The number of hydrogen-bond donors (Lipinski definition) is 1. The van der Waals surface area contributed by atoms with Crippen LogP contribution in [-0.2, 0) is 12.4 Å². The molecule has 3 rings (SSSR count). The summed E-state index contributed by atoms with van der Waals surface area (Å²) in [6, 6.07) is 22.9. The van der Waals surface area contributed by atoms with Crippen molar-refractivity contribution in [2.24, 2.45) is 15.9 Å². The van der Waals surface area contributed by atoms with Crippen molar-refractivity contribution in [3.8, 4) is 5.75 Å². The van der Waals surface area contributed by atoms with Crippen molar-refractivity contribution in [1.82, 2.24) is 0 Å². The zero-order valence-corrected chi connectivity index (χ0v) is 17.8. The van der Waals surface area contributed by atoms with E-state index in [1.807, 2.05) is 54.6 Å². The van der Waals surface area contributed by atoms with E-state index in [1.54, 1.807) is 24.4 Å². The van der Waals surface area contributed by atoms with Gasteiger partial charge in [-0.2, -0.15) is 5.10 Å². The van der Waals surface area contributed by atoms with E-state index in [2.05, 4.69) is 10.2 Å². The molecule has 0 aliphatic heterocycles. The number of ether oxygens (including phenoxy) is 1. The van der Waals surface area contributed by atoms with E-state index in [-0.39, 0.29) is 0 Å². The quantitative estimate of drug-likeness (QED) is 0.270. The van der Waals surface area contributed by atoms with Crippen LogP contribution in [0.5, 0.6) is 5.75 Å². The molecule has 0 atom stereocenters. The van der Waals surface area contributed by atoms with E-state index < -0.39 is 0 Å². The molecule has 7 heteroatoms. The predicted octanol–water partition coefficient (Wildman–Crippen LogP) is 6.15. The molecule has 0 spiro atoms. The number of nitrogens with two attached hydrogens (primary N) is 1.